The van der Waals surface area contributed by atoms with E-state index in [0.29, 0.717) is 17.8 Å². The van der Waals surface area contributed by atoms with E-state index in [2.05, 4.69) is 5.32 Å². The zero-order chi connectivity index (χ0) is 14.7. The van der Waals surface area contributed by atoms with Crippen molar-refractivity contribution in [3.05, 3.63) is 69.0 Å². The number of nitrogens with zero attached hydrogens (tertiary/aromatic N) is 1. The van der Waals surface area contributed by atoms with Crippen molar-refractivity contribution in [2.24, 2.45) is 0 Å². The van der Waals surface area contributed by atoms with Gasteiger partial charge in [-0.05, 0) is 42.7 Å². The van der Waals surface area contributed by atoms with Crippen LogP contribution in [-0.2, 0) is 6.54 Å². The minimum atomic E-state index is -0.419. The van der Waals surface area contributed by atoms with Crippen molar-refractivity contribution in [2.75, 3.05) is 5.32 Å². The van der Waals surface area contributed by atoms with Crippen LogP contribution in [0, 0.1) is 29.8 Å². The highest BCUT2D eigenvalue weighted by atomic mass is 19.1. The molecule has 0 bridgehead atoms. The van der Waals surface area contributed by atoms with Crippen molar-refractivity contribution in [2.45, 2.75) is 20.4 Å². The van der Waals surface area contributed by atoms with Crippen molar-refractivity contribution < 1.29 is 9.31 Å². The second-order valence-electron chi connectivity index (χ2n) is 4.71. The first-order valence-corrected chi connectivity index (χ1v) is 6.21. The summed E-state index contributed by atoms with van der Waals surface area (Å²) in [5.74, 6) is -0.254. The average Bonchev–Trinajstić information content (AvgIpc) is 2.40. The van der Waals surface area contributed by atoms with E-state index in [1.165, 1.54) is 12.1 Å². The fourth-order valence-electron chi connectivity index (χ4n) is 1.96. The molecule has 0 amide bonds. The Morgan fingerprint density at radius 2 is 1.95 bits per heavy atom. The molecule has 0 aliphatic heterocycles. The molecule has 0 heterocycles. The van der Waals surface area contributed by atoms with Gasteiger partial charge in [0, 0.05) is 12.6 Å². The van der Waals surface area contributed by atoms with Crippen molar-refractivity contribution in [3.8, 4) is 0 Å². The maximum absolute atomic E-state index is 13.2. The van der Waals surface area contributed by atoms with Crippen molar-refractivity contribution in [1.82, 2.24) is 0 Å². The smallest absolute Gasteiger partial charge is 0.292 e. The lowest BCUT2D eigenvalue weighted by atomic mass is 10.1. The van der Waals surface area contributed by atoms with E-state index < -0.39 is 4.92 Å². The Hall–Kier alpha value is -2.43. The molecule has 0 saturated carbocycles. The van der Waals surface area contributed by atoms with Crippen LogP contribution in [0.3, 0.4) is 0 Å². The highest BCUT2D eigenvalue weighted by molar-refractivity contribution is 5.62. The number of nitrogens with one attached hydrogen (secondary N) is 1. The van der Waals surface area contributed by atoms with Gasteiger partial charge < -0.3 is 5.32 Å². The summed E-state index contributed by atoms with van der Waals surface area (Å²) in [6, 6.07) is 9.70. The fourth-order valence-corrected chi connectivity index (χ4v) is 1.96. The summed E-state index contributed by atoms with van der Waals surface area (Å²) in [5, 5.41) is 14.0. The number of rotatable bonds is 4. The van der Waals surface area contributed by atoms with Crippen LogP contribution in [0.1, 0.15) is 16.7 Å². The summed E-state index contributed by atoms with van der Waals surface area (Å²) < 4.78 is 13.2. The molecule has 0 fully saturated rings. The van der Waals surface area contributed by atoms with E-state index in [-0.39, 0.29) is 11.5 Å². The van der Waals surface area contributed by atoms with Gasteiger partial charge in [-0.1, -0.05) is 18.2 Å². The van der Waals surface area contributed by atoms with Crippen molar-refractivity contribution >= 4 is 11.4 Å². The number of anilines is 1. The van der Waals surface area contributed by atoms with Crippen molar-refractivity contribution in [3.63, 3.8) is 0 Å². The molecule has 0 spiro atoms. The Labute approximate surface area is 116 Å². The van der Waals surface area contributed by atoms with E-state index >= 15 is 0 Å². The molecule has 4 nitrogen and oxygen atoms in total. The van der Waals surface area contributed by atoms with Gasteiger partial charge >= 0.3 is 0 Å². The first-order chi connectivity index (χ1) is 9.47. The minimum absolute atomic E-state index is 0.0365. The zero-order valence-corrected chi connectivity index (χ0v) is 11.3. The third-order valence-electron chi connectivity index (χ3n) is 3.05. The van der Waals surface area contributed by atoms with Crippen LogP contribution in [0.5, 0.6) is 0 Å². The predicted molar refractivity (Wildman–Crippen MR) is 76.3 cm³/mol. The normalized spacial score (nSPS) is 10.3. The van der Waals surface area contributed by atoms with Gasteiger partial charge in [0.25, 0.3) is 5.69 Å². The van der Waals surface area contributed by atoms with Crippen LogP contribution in [0.4, 0.5) is 15.8 Å². The number of hydrogen-bond donors (Lipinski definition) is 1. The SMILES string of the molecule is Cc1ccc([N+](=O)[O-])c(NCc2ccc(F)c(C)c2)c1. The molecule has 20 heavy (non-hydrogen) atoms. The molecule has 0 atom stereocenters. The van der Waals surface area contributed by atoms with Gasteiger partial charge in [-0.15, -0.1) is 0 Å². The number of halogens is 1. The second kappa shape index (κ2) is 5.69. The Kier molecular flexibility index (Phi) is 3.98. The Morgan fingerprint density at radius 1 is 1.20 bits per heavy atom. The highest BCUT2D eigenvalue weighted by Gasteiger charge is 2.13. The number of benzene rings is 2. The quantitative estimate of drug-likeness (QED) is 0.678. The summed E-state index contributed by atoms with van der Waals surface area (Å²) in [4.78, 5) is 10.5. The van der Waals surface area contributed by atoms with Gasteiger partial charge in [0.15, 0.2) is 0 Å². The summed E-state index contributed by atoms with van der Waals surface area (Å²) in [6.07, 6.45) is 0. The van der Waals surface area contributed by atoms with Crippen LogP contribution in [0.25, 0.3) is 0 Å². The van der Waals surface area contributed by atoms with E-state index in [1.54, 1.807) is 31.2 Å². The maximum atomic E-state index is 13.2. The number of nitro groups is 1. The Morgan fingerprint density at radius 3 is 2.60 bits per heavy atom. The lowest BCUT2D eigenvalue weighted by Crippen LogP contribution is -2.03. The topological polar surface area (TPSA) is 55.2 Å². The zero-order valence-electron chi connectivity index (χ0n) is 11.3. The Balaban J connectivity index is 2.20. The van der Waals surface area contributed by atoms with E-state index in [1.807, 2.05) is 6.92 Å². The lowest BCUT2D eigenvalue weighted by molar-refractivity contribution is -0.384. The van der Waals surface area contributed by atoms with E-state index in [0.717, 1.165) is 11.1 Å². The van der Waals surface area contributed by atoms with Crippen LogP contribution in [-0.4, -0.2) is 4.92 Å². The first-order valence-electron chi connectivity index (χ1n) is 6.21. The fraction of sp³-hybridized carbons (Fsp3) is 0.200. The number of nitro benzene ring substituents is 1. The molecule has 0 saturated heterocycles. The molecular formula is C15H15FN2O2. The minimum Gasteiger partial charge on any atom is -0.375 e. The highest BCUT2D eigenvalue weighted by Crippen LogP contribution is 2.25. The van der Waals surface area contributed by atoms with Gasteiger partial charge in [-0.3, -0.25) is 10.1 Å². The predicted octanol–water partition coefficient (Wildman–Crippen LogP) is 3.96. The van der Waals surface area contributed by atoms with Gasteiger partial charge in [0.05, 0.1) is 4.92 Å². The standard InChI is InChI=1S/C15H15FN2O2/c1-10-3-6-15(18(19)20)14(7-10)17-9-12-4-5-13(16)11(2)8-12/h3-8,17H,9H2,1-2H3. The molecule has 2 aromatic rings. The van der Waals surface area contributed by atoms with E-state index in [9.17, 15) is 14.5 Å². The second-order valence-corrected chi connectivity index (χ2v) is 4.71. The molecule has 2 aromatic carbocycles. The third kappa shape index (κ3) is 3.12. The number of aryl methyl sites for hydroxylation is 2. The molecule has 0 aliphatic rings. The van der Waals surface area contributed by atoms with Gasteiger partial charge in [-0.25, -0.2) is 4.39 Å². The van der Waals surface area contributed by atoms with Gasteiger partial charge in [0.2, 0.25) is 0 Å². The molecular weight excluding hydrogens is 259 g/mol. The number of hydrogen-bond acceptors (Lipinski definition) is 3. The lowest BCUT2D eigenvalue weighted by Gasteiger charge is -2.09. The first kappa shape index (κ1) is 14.0. The summed E-state index contributed by atoms with van der Waals surface area (Å²) in [5.41, 5.74) is 2.88. The summed E-state index contributed by atoms with van der Waals surface area (Å²) >= 11 is 0. The molecule has 1 N–H and O–H groups in total. The molecule has 0 aromatic heterocycles. The van der Waals surface area contributed by atoms with Gasteiger partial charge in [0.1, 0.15) is 11.5 Å². The van der Waals surface area contributed by atoms with Gasteiger partial charge in [-0.2, -0.15) is 0 Å². The summed E-state index contributed by atoms with van der Waals surface area (Å²) in [6.45, 7) is 3.97. The molecule has 0 radical (unpaired) electrons. The largest absolute Gasteiger partial charge is 0.375 e. The maximum Gasteiger partial charge on any atom is 0.292 e. The average molecular weight is 274 g/mol. The van der Waals surface area contributed by atoms with Crippen molar-refractivity contribution in [1.29, 1.82) is 0 Å². The molecule has 0 unspecified atom stereocenters. The molecule has 2 rings (SSSR count). The van der Waals surface area contributed by atoms with Crippen LogP contribution < -0.4 is 5.32 Å². The van der Waals surface area contributed by atoms with E-state index in [4.69, 9.17) is 0 Å². The van der Waals surface area contributed by atoms with Crippen LogP contribution in [0.15, 0.2) is 36.4 Å². The van der Waals surface area contributed by atoms with Crippen LogP contribution >= 0.6 is 0 Å². The molecule has 5 heteroatoms. The van der Waals surface area contributed by atoms with Crippen LogP contribution in [0.2, 0.25) is 0 Å². The Bertz CT molecular complexity index is 656. The molecule has 0 aliphatic carbocycles. The third-order valence-corrected chi connectivity index (χ3v) is 3.05. The molecule has 104 valence electrons. The monoisotopic (exact) mass is 274 g/mol. The summed E-state index contributed by atoms with van der Waals surface area (Å²) in [7, 11) is 0.